The van der Waals surface area contributed by atoms with Crippen LogP contribution in [0.2, 0.25) is 0 Å². The van der Waals surface area contributed by atoms with Gasteiger partial charge in [0.2, 0.25) is 0 Å². The van der Waals surface area contributed by atoms with Crippen molar-refractivity contribution in [1.29, 1.82) is 0 Å². The molecule has 3 nitrogen and oxygen atoms in total. The number of rotatable bonds is 3. The summed E-state index contributed by atoms with van der Waals surface area (Å²) in [6.45, 7) is 7.33. The zero-order valence-corrected chi connectivity index (χ0v) is 11.5. The first-order valence-electron chi connectivity index (χ1n) is 5.45. The van der Waals surface area contributed by atoms with Gasteiger partial charge in [0.1, 0.15) is 11.4 Å². The lowest BCUT2D eigenvalue weighted by Crippen LogP contribution is -2.27. The van der Waals surface area contributed by atoms with Crippen molar-refractivity contribution in [1.82, 2.24) is 0 Å². The van der Waals surface area contributed by atoms with Crippen LogP contribution in [0.1, 0.15) is 26.3 Å². The first-order chi connectivity index (χ1) is 7.78. The second-order valence-electron chi connectivity index (χ2n) is 4.89. The molecule has 0 saturated heterocycles. The highest BCUT2D eigenvalue weighted by Crippen LogP contribution is 2.11. The number of aryl methyl sites for hydroxylation is 1. The monoisotopic (exact) mass is 254 g/mol. The summed E-state index contributed by atoms with van der Waals surface area (Å²) in [6, 6.07) is 7.30. The fraction of sp³-hybridized carbons (Fsp3) is 0.462. The van der Waals surface area contributed by atoms with Gasteiger partial charge in [0.25, 0.3) is 0 Å². The zero-order chi connectivity index (χ0) is 13.1. The molecule has 0 aliphatic carbocycles. The van der Waals surface area contributed by atoms with E-state index in [1.54, 1.807) is 32.9 Å². The number of benzene rings is 1. The van der Waals surface area contributed by atoms with Crippen molar-refractivity contribution in [2.75, 3.05) is 5.75 Å². The van der Waals surface area contributed by atoms with E-state index in [2.05, 4.69) is 0 Å². The van der Waals surface area contributed by atoms with Gasteiger partial charge in [-0.3, -0.25) is 9.00 Å². The van der Waals surface area contributed by atoms with Crippen LogP contribution < -0.4 is 0 Å². The Kier molecular flexibility index (Phi) is 4.46. The van der Waals surface area contributed by atoms with Gasteiger partial charge in [0.05, 0.1) is 10.8 Å². The lowest BCUT2D eigenvalue weighted by atomic mass is 10.2. The lowest BCUT2D eigenvalue weighted by molar-refractivity contribution is -0.151. The summed E-state index contributed by atoms with van der Waals surface area (Å²) in [4.78, 5) is 12.1. The number of hydrogen-bond donors (Lipinski definition) is 0. The Morgan fingerprint density at radius 2 is 1.76 bits per heavy atom. The van der Waals surface area contributed by atoms with E-state index in [9.17, 15) is 9.00 Å². The molecule has 0 aromatic heterocycles. The molecule has 0 unspecified atom stereocenters. The molecule has 94 valence electrons. The van der Waals surface area contributed by atoms with E-state index in [-0.39, 0.29) is 5.75 Å². The van der Waals surface area contributed by atoms with Crippen LogP contribution in [0.5, 0.6) is 0 Å². The molecule has 0 heterocycles. The number of carbonyl (C=O) groups excluding carboxylic acids is 1. The smallest absolute Gasteiger partial charge is 0.319 e. The third-order valence-electron chi connectivity index (χ3n) is 1.95. The summed E-state index contributed by atoms with van der Waals surface area (Å²) < 4.78 is 17.0. The predicted molar refractivity (Wildman–Crippen MR) is 68.3 cm³/mol. The molecule has 0 aliphatic heterocycles. The molecule has 1 aromatic carbocycles. The highest BCUT2D eigenvalue weighted by atomic mass is 32.2. The predicted octanol–water partition coefficient (Wildman–Crippen LogP) is 2.44. The minimum Gasteiger partial charge on any atom is -0.459 e. The Morgan fingerprint density at radius 1 is 1.24 bits per heavy atom. The van der Waals surface area contributed by atoms with Crippen molar-refractivity contribution in [3.63, 3.8) is 0 Å². The first kappa shape index (κ1) is 13.9. The average molecular weight is 254 g/mol. The van der Waals surface area contributed by atoms with Crippen molar-refractivity contribution in [2.45, 2.75) is 38.2 Å². The molecule has 1 aromatic rings. The fourth-order valence-electron chi connectivity index (χ4n) is 1.25. The topological polar surface area (TPSA) is 43.4 Å². The van der Waals surface area contributed by atoms with Gasteiger partial charge in [-0.05, 0) is 39.8 Å². The molecule has 0 amide bonds. The first-order valence-corrected chi connectivity index (χ1v) is 6.77. The molecule has 0 aliphatic rings. The zero-order valence-electron chi connectivity index (χ0n) is 10.6. The van der Waals surface area contributed by atoms with Gasteiger partial charge in [-0.1, -0.05) is 17.7 Å². The number of esters is 1. The van der Waals surface area contributed by atoms with Gasteiger partial charge in [-0.25, -0.2) is 0 Å². The number of carbonyl (C=O) groups is 1. The summed E-state index contributed by atoms with van der Waals surface area (Å²) in [5.74, 6) is -0.531. The molecule has 4 heteroatoms. The second-order valence-corrected chi connectivity index (χ2v) is 6.34. The Morgan fingerprint density at radius 3 is 2.24 bits per heavy atom. The molecule has 1 rings (SSSR count). The van der Waals surface area contributed by atoms with E-state index in [4.69, 9.17) is 4.74 Å². The van der Waals surface area contributed by atoms with Gasteiger partial charge in [0.15, 0.2) is 0 Å². The molecular formula is C13H18O3S. The molecule has 0 saturated carbocycles. The van der Waals surface area contributed by atoms with Crippen LogP contribution in [0, 0.1) is 6.92 Å². The van der Waals surface area contributed by atoms with Crippen molar-refractivity contribution in [2.24, 2.45) is 0 Å². The number of hydrogen-bond acceptors (Lipinski definition) is 3. The van der Waals surface area contributed by atoms with Crippen LogP contribution in [0.25, 0.3) is 0 Å². The summed E-state index contributed by atoms with van der Waals surface area (Å²) in [6.07, 6.45) is 0. The van der Waals surface area contributed by atoms with Gasteiger partial charge in [0, 0.05) is 4.90 Å². The van der Waals surface area contributed by atoms with Crippen LogP contribution >= 0.6 is 0 Å². The maximum absolute atomic E-state index is 11.9. The highest BCUT2D eigenvalue weighted by molar-refractivity contribution is 7.85. The van der Waals surface area contributed by atoms with Crippen molar-refractivity contribution in [3.05, 3.63) is 29.8 Å². The van der Waals surface area contributed by atoms with Crippen LogP contribution in [-0.4, -0.2) is 21.5 Å². The van der Waals surface area contributed by atoms with E-state index in [1.165, 1.54) is 0 Å². The highest BCUT2D eigenvalue weighted by Gasteiger charge is 2.18. The van der Waals surface area contributed by atoms with Gasteiger partial charge < -0.3 is 4.74 Å². The third kappa shape index (κ3) is 5.13. The van der Waals surface area contributed by atoms with E-state index >= 15 is 0 Å². The summed E-state index contributed by atoms with van der Waals surface area (Å²) in [5, 5.41) is 0. The SMILES string of the molecule is Cc1ccc([S@@](=O)CC(=O)OC(C)(C)C)cc1. The van der Waals surface area contributed by atoms with Gasteiger partial charge in [-0.15, -0.1) is 0 Å². The van der Waals surface area contributed by atoms with Crippen LogP contribution in [0.3, 0.4) is 0 Å². The van der Waals surface area contributed by atoms with Crippen LogP contribution in [0.4, 0.5) is 0 Å². The maximum Gasteiger partial charge on any atom is 0.319 e. The standard InChI is InChI=1S/C13H18O3S/c1-10-5-7-11(8-6-10)17(15)9-12(14)16-13(2,3)4/h5-8H,9H2,1-4H3/t17-/m0/s1. The summed E-state index contributed by atoms with van der Waals surface area (Å²) in [5.41, 5.74) is 0.567. The normalized spacial score (nSPS) is 13.2. The van der Waals surface area contributed by atoms with Gasteiger partial charge >= 0.3 is 5.97 Å². The van der Waals surface area contributed by atoms with Crippen molar-refractivity contribution >= 4 is 16.8 Å². The molecule has 0 spiro atoms. The molecule has 1 atom stereocenters. The van der Waals surface area contributed by atoms with E-state index < -0.39 is 22.4 Å². The molecule has 0 fully saturated rings. The van der Waals surface area contributed by atoms with Crippen molar-refractivity contribution in [3.8, 4) is 0 Å². The number of ether oxygens (including phenoxy) is 1. The average Bonchev–Trinajstić information content (AvgIpc) is 2.15. The summed E-state index contributed by atoms with van der Waals surface area (Å²) >= 11 is 0. The lowest BCUT2D eigenvalue weighted by Gasteiger charge is -2.19. The van der Waals surface area contributed by atoms with Crippen molar-refractivity contribution < 1.29 is 13.7 Å². The van der Waals surface area contributed by atoms with E-state index in [1.807, 2.05) is 19.1 Å². The molecule has 0 bridgehead atoms. The molecule has 0 N–H and O–H groups in total. The van der Waals surface area contributed by atoms with E-state index in [0.717, 1.165) is 5.56 Å². The largest absolute Gasteiger partial charge is 0.459 e. The Balaban J connectivity index is 2.61. The minimum atomic E-state index is -1.33. The Bertz CT molecular complexity index is 415. The second kappa shape index (κ2) is 5.45. The Hall–Kier alpha value is -1.16. The molecule has 17 heavy (non-hydrogen) atoms. The fourth-order valence-corrected chi connectivity index (χ4v) is 2.13. The quantitative estimate of drug-likeness (QED) is 0.778. The maximum atomic E-state index is 11.9. The summed E-state index contributed by atoms with van der Waals surface area (Å²) in [7, 11) is -1.33. The third-order valence-corrected chi connectivity index (χ3v) is 3.25. The molecular weight excluding hydrogens is 236 g/mol. The van der Waals surface area contributed by atoms with E-state index in [0.29, 0.717) is 4.90 Å². The molecule has 0 radical (unpaired) electrons. The van der Waals surface area contributed by atoms with Gasteiger partial charge in [-0.2, -0.15) is 0 Å². The minimum absolute atomic E-state index is 0.0969. The van der Waals surface area contributed by atoms with Crippen LogP contribution in [-0.2, 0) is 20.3 Å². The van der Waals surface area contributed by atoms with Crippen LogP contribution in [0.15, 0.2) is 29.2 Å². The Labute approximate surface area is 105 Å².